The van der Waals surface area contributed by atoms with Gasteiger partial charge in [0.2, 0.25) is 5.79 Å². The van der Waals surface area contributed by atoms with E-state index in [1.165, 1.54) is 0 Å². The first-order valence-corrected chi connectivity index (χ1v) is 9.78. The van der Waals surface area contributed by atoms with Crippen LogP contribution in [0.5, 0.6) is 11.5 Å². The maximum atomic E-state index is 9.50. The van der Waals surface area contributed by atoms with E-state index < -0.39 is 5.79 Å². The molecule has 0 atom stereocenters. The lowest BCUT2D eigenvalue weighted by Crippen LogP contribution is -2.37. The zero-order valence-electron chi connectivity index (χ0n) is 16.7. The Kier molecular flexibility index (Phi) is 8.13. The molecule has 0 unspecified atom stereocenters. The molecule has 0 saturated heterocycles. The minimum atomic E-state index is -2.03. The standard InChI is InChI=1S/C22H29ClO5/c1-21(2,17-5-9-19(10-6-17)27-14-4-13-26-3)18-7-11-20(12-8-18)28-16-22(24,25)15-23/h5-12,24-25H,4,13-16H2,1-3H3. The summed E-state index contributed by atoms with van der Waals surface area (Å²) < 4.78 is 16.1. The fraction of sp³-hybridized carbons (Fsp3) is 0.455. The lowest BCUT2D eigenvalue weighted by atomic mass is 9.78. The number of halogens is 1. The molecule has 154 valence electrons. The van der Waals surface area contributed by atoms with Gasteiger partial charge in [0.05, 0.1) is 12.5 Å². The highest BCUT2D eigenvalue weighted by Crippen LogP contribution is 2.33. The van der Waals surface area contributed by atoms with Crippen LogP contribution in [0.15, 0.2) is 48.5 Å². The van der Waals surface area contributed by atoms with E-state index in [0.29, 0.717) is 19.0 Å². The van der Waals surface area contributed by atoms with Gasteiger partial charge in [-0.25, -0.2) is 0 Å². The zero-order chi connectivity index (χ0) is 20.6. The van der Waals surface area contributed by atoms with Gasteiger partial charge in [-0.15, -0.1) is 11.6 Å². The molecule has 0 fully saturated rings. The fourth-order valence-electron chi connectivity index (χ4n) is 2.73. The number of hydrogen-bond donors (Lipinski definition) is 2. The molecule has 2 aromatic carbocycles. The first-order valence-electron chi connectivity index (χ1n) is 9.25. The van der Waals surface area contributed by atoms with E-state index in [9.17, 15) is 10.2 Å². The van der Waals surface area contributed by atoms with E-state index in [-0.39, 0.29) is 17.9 Å². The van der Waals surface area contributed by atoms with Gasteiger partial charge < -0.3 is 24.4 Å². The van der Waals surface area contributed by atoms with E-state index in [2.05, 4.69) is 26.0 Å². The van der Waals surface area contributed by atoms with Crippen LogP contribution in [0.4, 0.5) is 0 Å². The summed E-state index contributed by atoms with van der Waals surface area (Å²) >= 11 is 5.47. The van der Waals surface area contributed by atoms with Crippen LogP contribution in [0.1, 0.15) is 31.4 Å². The monoisotopic (exact) mass is 408 g/mol. The second kappa shape index (κ2) is 10.1. The van der Waals surface area contributed by atoms with Crippen molar-refractivity contribution in [2.45, 2.75) is 31.5 Å². The summed E-state index contributed by atoms with van der Waals surface area (Å²) in [7, 11) is 1.68. The number of aliphatic hydroxyl groups is 2. The Balaban J connectivity index is 2.01. The molecule has 6 heteroatoms. The van der Waals surface area contributed by atoms with Gasteiger partial charge in [0.15, 0.2) is 0 Å². The predicted octanol–water partition coefficient (Wildman–Crippen LogP) is 3.73. The molecule has 0 bridgehead atoms. The van der Waals surface area contributed by atoms with Crippen LogP contribution >= 0.6 is 11.6 Å². The van der Waals surface area contributed by atoms with Crippen molar-refractivity contribution >= 4 is 11.6 Å². The van der Waals surface area contributed by atoms with Crippen molar-refractivity contribution < 1.29 is 24.4 Å². The quantitative estimate of drug-likeness (QED) is 0.337. The molecule has 0 aliphatic heterocycles. The van der Waals surface area contributed by atoms with Crippen LogP contribution in [0, 0.1) is 0 Å². The Morgan fingerprint density at radius 1 is 0.821 bits per heavy atom. The number of methoxy groups -OCH3 is 1. The van der Waals surface area contributed by atoms with E-state index in [4.69, 9.17) is 25.8 Å². The van der Waals surface area contributed by atoms with Gasteiger partial charge in [-0.1, -0.05) is 38.1 Å². The van der Waals surface area contributed by atoms with Gasteiger partial charge in [-0.3, -0.25) is 0 Å². The lowest BCUT2D eigenvalue weighted by Gasteiger charge is -2.27. The van der Waals surface area contributed by atoms with E-state index in [1.54, 1.807) is 7.11 Å². The number of benzene rings is 2. The summed E-state index contributed by atoms with van der Waals surface area (Å²) in [6, 6.07) is 15.7. The van der Waals surface area contributed by atoms with Crippen LogP contribution in [-0.2, 0) is 10.2 Å². The third-order valence-corrected chi connectivity index (χ3v) is 5.03. The number of ether oxygens (including phenoxy) is 3. The molecule has 5 nitrogen and oxygen atoms in total. The molecule has 2 aromatic rings. The van der Waals surface area contributed by atoms with Gasteiger partial charge in [0.1, 0.15) is 18.1 Å². The molecule has 0 saturated carbocycles. The maximum absolute atomic E-state index is 9.50. The second-order valence-electron chi connectivity index (χ2n) is 7.27. The second-order valence-corrected chi connectivity index (χ2v) is 7.54. The van der Waals surface area contributed by atoms with Gasteiger partial charge in [0, 0.05) is 25.6 Å². The Labute approximate surface area is 171 Å². The van der Waals surface area contributed by atoms with Gasteiger partial charge in [0.25, 0.3) is 0 Å². The molecule has 0 amide bonds. The van der Waals surface area contributed by atoms with Crippen molar-refractivity contribution in [1.82, 2.24) is 0 Å². The predicted molar refractivity (Wildman–Crippen MR) is 110 cm³/mol. The van der Waals surface area contributed by atoms with Crippen molar-refractivity contribution in [1.29, 1.82) is 0 Å². The molecule has 2 rings (SSSR count). The Morgan fingerprint density at radius 3 is 1.79 bits per heavy atom. The maximum Gasteiger partial charge on any atom is 0.211 e. The normalized spacial score (nSPS) is 12.1. The molecule has 0 aromatic heterocycles. The lowest BCUT2D eigenvalue weighted by molar-refractivity contribution is -0.162. The van der Waals surface area contributed by atoms with Gasteiger partial charge in [-0.2, -0.15) is 0 Å². The van der Waals surface area contributed by atoms with Gasteiger partial charge >= 0.3 is 0 Å². The van der Waals surface area contributed by atoms with Crippen molar-refractivity contribution in [3.05, 3.63) is 59.7 Å². The minimum absolute atomic E-state index is 0.207. The molecule has 0 radical (unpaired) electrons. The number of rotatable bonds is 11. The molecular formula is C22H29ClO5. The highest BCUT2D eigenvalue weighted by atomic mass is 35.5. The van der Waals surface area contributed by atoms with Crippen LogP contribution in [0.2, 0.25) is 0 Å². The first-order chi connectivity index (χ1) is 13.3. The topological polar surface area (TPSA) is 68.2 Å². The van der Waals surface area contributed by atoms with Crippen molar-refractivity contribution in [3.63, 3.8) is 0 Å². The van der Waals surface area contributed by atoms with Crippen molar-refractivity contribution in [2.24, 2.45) is 0 Å². The third kappa shape index (κ3) is 6.38. The fourth-order valence-corrected chi connectivity index (χ4v) is 2.81. The first kappa shape index (κ1) is 22.5. The zero-order valence-corrected chi connectivity index (χ0v) is 17.4. The summed E-state index contributed by atoms with van der Waals surface area (Å²) in [5.74, 6) is -0.955. The molecular weight excluding hydrogens is 380 g/mol. The van der Waals surface area contributed by atoms with E-state index >= 15 is 0 Å². The Hall–Kier alpha value is -1.79. The average Bonchev–Trinajstić information content (AvgIpc) is 2.70. The minimum Gasteiger partial charge on any atom is -0.494 e. The highest BCUT2D eigenvalue weighted by Gasteiger charge is 2.24. The summed E-state index contributed by atoms with van der Waals surface area (Å²) in [5, 5.41) is 19.0. The summed E-state index contributed by atoms with van der Waals surface area (Å²) in [4.78, 5) is 0. The van der Waals surface area contributed by atoms with Crippen LogP contribution in [0.25, 0.3) is 0 Å². The molecule has 0 heterocycles. The largest absolute Gasteiger partial charge is 0.494 e. The van der Waals surface area contributed by atoms with E-state index in [0.717, 1.165) is 23.3 Å². The number of alkyl halides is 1. The SMILES string of the molecule is COCCCOc1ccc(C(C)(C)c2ccc(OCC(O)(O)CCl)cc2)cc1. The summed E-state index contributed by atoms with van der Waals surface area (Å²) in [6.07, 6.45) is 0.858. The third-order valence-electron chi connectivity index (χ3n) is 4.60. The van der Waals surface area contributed by atoms with E-state index in [1.807, 2.05) is 36.4 Å². The van der Waals surface area contributed by atoms with Gasteiger partial charge in [-0.05, 0) is 35.4 Å². The Morgan fingerprint density at radius 2 is 1.32 bits per heavy atom. The smallest absolute Gasteiger partial charge is 0.211 e. The summed E-state index contributed by atoms with van der Waals surface area (Å²) in [6.45, 7) is 5.33. The molecule has 0 aliphatic carbocycles. The van der Waals surface area contributed by atoms with Crippen LogP contribution < -0.4 is 9.47 Å². The Bertz CT molecular complexity index is 711. The van der Waals surface area contributed by atoms with Crippen molar-refractivity contribution in [3.8, 4) is 11.5 Å². The average molecular weight is 409 g/mol. The van der Waals surface area contributed by atoms with Crippen molar-refractivity contribution in [2.75, 3.05) is 32.8 Å². The molecule has 28 heavy (non-hydrogen) atoms. The molecule has 0 aliphatic rings. The highest BCUT2D eigenvalue weighted by molar-refractivity contribution is 6.18. The summed E-state index contributed by atoms with van der Waals surface area (Å²) in [5.41, 5.74) is 2.07. The van der Waals surface area contributed by atoms with Crippen LogP contribution in [-0.4, -0.2) is 48.8 Å². The molecule has 2 N–H and O–H groups in total. The van der Waals surface area contributed by atoms with Crippen LogP contribution in [0.3, 0.4) is 0 Å². The number of hydrogen-bond acceptors (Lipinski definition) is 5. The molecule has 0 spiro atoms.